The molecule has 2 aliphatic rings. The summed E-state index contributed by atoms with van der Waals surface area (Å²) in [5.41, 5.74) is 0.907. The quantitative estimate of drug-likeness (QED) is 0.519. The molecule has 1 aromatic carbocycles. The Morgan fingerprint density at radius 1 is 1.13 bits per heavy atom. The summed E-state index contributed by atoms with van der Waals surface area (Å²) in [5.74, 6) is -0.449. The summed E-state index contributed by atoms with van der Waals surface area (Å²) in [4.78, 5) is 52.1. The molecule has 9 heteroatoms. The second-order valence-electron chi connectivity index (χ2n) is 7.09. The molecular weight excluding hydrogens is 420 g/mol. The Balaban J connectivity index is 1.52. The van der Waals surface area contributed by atoms with Crippen molar-refractivity contribution in [2.45, 2.75) is 12.8 Å². The van der Waals surface area contributed by atoms with Crippen molar-refractivity contribution in [2.75, 3.05) is 26.7 Å². The van der Waals surface area contributed by atoms with E-state index in [2.05, 4.69) is 0 Å². The Kier molecular flexibility index (Phi) is 5.94. The predicted octanol–water partition coefficient (Wildman–Crippen LogP) is 3.39. The number of rotatable bonds is 5. The van der Waals surface area contributed by atoms with Crippen molar-refractivity contribution in [1.82, 2.24) is 9.80 Å². The maximum absolute atomic E-state index is 12.7. The van der Waals surface area contributed by atoms with Gasteiger partial charge in [0.1, 0.15) is 18.1 Å². The first-order valence-electron chi connectivity index (χ1n) is 9.78. The summed E-state index contributed by atoms with van der Waals surface area (Å²) in [7, 11) is 1.30. The van der Waals surface area contributed by atoms with Crippen molar-refractivity contribution in [3.63, 3.8) is 0 Å². The normalized spacial score (nSPS) is 17.6. The molecule has 0 aliphatic carbocycles. The highest BCUT2D eigenvalue weighted by molar-refractivity contribution is 8.18. The van der Waals surface area contributed by atoms with Gasteiger partial charge in [-0.2, -0.15) is 0 Å². The number of likely N-dealkylation sites (tertiary alicyclic amines) is 1. The van der Waals surface area contributed by atoms with E-state index in [0.29, 0.717) is 35.7 Å². The van der Waals surface area contributed by atoms with E-state index in [1.807, 2.05) is 0 Å². The lowest BCUT2D eigenvalue weighted by molar-refractivity contribution is -0.135. The minimum atomic E-state index is -0.518. The highest BCUT2D eigenvalue weighted by Crippen LogP contribution is 2.34. The average molecular weight is 440 g/mol. The molecule has 31 heavy (non-hydrogen) atoms. The fourth-order valence-corrected chi connectivity index (χ4v) is 4.35. The smallest absolute Gasteiger partial charge is 0.338 e. The molecule has 2 aliphatic heterocycles. The van der Waals surface area contributed by atoms with Crippen molar-refractivity contribution in [3.8, 4) is 11.3 Å². The Morgan fingerprint density at radius 2 is 1.87 bits per heavy atom. The van der Waals surface area contributed by atoms with Gasteiger partial charge in [-0.25, -0.2) is 4.79 Å². The number of methoxy groups -OCH3 is 1. The molecule has 4 rings (SSSR count). The topological polar surface area (TPSA) is 97.1 Å². The van der Waals surface area contributed by atoms with Gasteiger partial charge >= 0.3 is 5.97 Å². The maximum Gasteiger partial charge on any atom is 0.338 e. The van der Waals surface area contributed by atoms with E-state index in [1.165, 1.54) is 13.2 Å². The minimum absolute atomic E-state index is 0.182. The van der Waals surface area contributed by atoms with Crippen molar-refractivity contribution >= 4 is 40.9 Å². The lowest BCUT2D eigenvalue weighted by Crippen LogP contribution is -2.40. The molecule has 0 saturated carbocycles. The van der Waals surface area contributed by atoms with Crippen LogP contribution in [0.25, 0.3) is 17.4 Å². The molecule has 2 saturated heterocycles. The van der Waals surface area contributed by atoms with Gasteiger partial charge < -0.3 is 14.1 Å². The first-order chi connectivity index (χ1) is 15.0. The lowest BCUT2D eigenvalue weighted by atomic mass is 10.1. The van der Waals surface area contributed by atoms with Crippen LogP contribution in [0.3, 0.4) is 0 Å². The van der Waals surface area contributed by atoms with Gasteiger partial charge in [0.05, 0.1) is 17.6 Å². The zero-order valence-corrected chi connectivity index (χ0v) is 17.6. The van der Waals surface area contributed by atoms with Crippen LogP contribution in [0, 0.1) is 0 Å². The van der Waals surface area contributed by atoms with Crippen LogP contribution < -0.4 is 0 Å². The first kappa shape index (κ1) is 20.9. The molecule has 1 aromatic heterocycles. The first-order valence-corrected chi connectivity index (χ1v) is 10.6. The summed E-state index contributed by atoms with van der Waals surface area (Å²) < 4.78 is 10.6. The van der Waals surface area contributed by atoms with Crippen LogP contribution in [0.1, 0.15) is 29.0 Å². The third kappa shape index (κ3) is 4.27. The molecule has 3 heterocycles. The highest BCUT2D eigenvalue weighted by atomic mass is 32.2. The monoisotopic (exact) mass is 440 g/mol. The zero-order chi connectivity index (χ0) is 22.0. The maximum atomic E-state index is 12.7. The minimum Gasteiger partial charge on any atom is -0.465 e. The number of carbonyl (C=O) groups is 4. The van der Waals surface area contributed by atoms with Gasteiger partial charge in [0.15, 0.2) is 0 Å². The fraction of sp³-hybridized carbons (Fsp3) is 0.273. The molecule has 0 unspecified atom stereocenters. The van der Waals surface area contributed by atoms with Crippen LogP contribution in [0.5, 0.6) is 0 Å². The Bertz CT molecular complexity index is 1080. The number of benzene rings is 1. The second kappa shape index (κ2) is 8.81. The molecule has 0 bridgehead atoms. The molecule has 0 atom stereocenters. The molecule has 0 radical (unpaired) electrons. The summed E-state index contributed by atoms with van der Waals surface area (Å²) in [6, 6.07) is 10.2. The summed E-state index contributed by atoms with van der Waals surface area (Å²) in [6.07, 6.45) is 3.34. The summed E-state index contributed by atoms with van der Waals surface area (Å²) in [5, 5.41) is -0.480. The molecule has 0 spiro atoms. The number of carbonyl (C=O) groups excluding carboxylic acids is 4. The fourth-order valence-electron chi connectivity index (χ4n) is 3.53. The van der Waals surface area contributed by atoms with Gasteiger partial charge in [0, 0.05) is 24.7 Å². The van der Waals surface area contributed by atoms with Crippen molar-refractivity contribution < 1.29 is 28.3 Å². The van der Waals surface area contributed by atoms with Crippen molar-refractivity contribution in [3.05, 3.63) is 52.6 Å². The number of hydrogen-bond donors (Lipinski definition) is 0. The lowest BCUT2D eigenvalue weighted by Gasteiger charge is -2.18. The standard InChI is InChI=1S/C22H20N2O6S/c1-29-21(27)16-7-3-2-6-15(16)17-9-8-14(30-17)12-18-20(26)24(22(28)31-18)13-19(25)23-10-4-5-11-23/h2-3,6-9,12H,4-5,10-11,13H2,1H3/b18-12+. The van der Waals surface area contributed by atoms with Crippen molar-refractivity contribution in [2.24, 2.45) is 0 Å². The molecule has 2 fully saturated rings. The van der Waals surface area contributed by atoms with Gasteiger partial charge in [-0.05, 0) is 42.8 Å². The van der Waals surface area contributed by atoms with E-state index >= 15 is 0 Å². The van der Waals surface area contributed by atoms with Crippen LogP contribution in [0.2, 0.25) is 0 Å². The SMILES string of the molecule is COC(=O)c1ccccc1-c1ccc(/C=C2/SC(=O)N(CC(=O)N3CCCC3)C2=O)o1. The van der Waals surface area contributed by atoms with Crippen LogP contribution >= 0.6 is 11.8 Å². The number of amides is 3. The highest BCUT2D eigenvalue weighted by Gasteiger charge is 2.37. The van der Waals surface area contributed by atoms with Crippen LogP contribution in [-0.2, 0) is 14.3 Å². The number of nitrogens with zero attached hydrogens (tertiary/aromatic N) is 2. The molecule has 8 nitrogen and oxygen atoms in total. The van der Waals surface area contributed by atoms with E-state index in [-0.39, 0.29) is 17.4 Å². The molecular formula is C22H20N2O6S. The van der Waals surface area contributed by atoms with Gasteiger partial charge in [0.2, 0.25) is 5.91 Å². The molecule has 0 N–H and O–H groups in total. The third-order valence-corrected chi connectivity index (χ3v) is 6.03. The van der Waals surface area contributed by atoms with E-state index in [4.69, 9.17) is 9.15 Å². The van der Waals surface area contributed by atoms with Crippen molar-refractivity contribution in [1.29, 1.82) is 0 Å². The summed E-state index contributed by atoms with van der Waals surface area (Å²) in [6.45, 7) is 1.07. The van der Waals surface area contributed by atoms with Gasteiger partial charge in [0.25, 0.3) is 11.1 Å². The number of esters is 1. The molecule has 3 amide bonds. The van der Waals surface area contributed by atoms with E-state index < -0.39 is 17.1 Å². The van der Waals surface area contributed by atoms with Crippen LogP contribution in [0.4, 0.5) is 4.79 Å². The Hall–Kier alpha value is -3.33. The number of hydrogen-bond acceptors (Lipinski definition) is 7. The zero-order valence-electron chi connectivity index (χ0n) is 16.8. The molecule has 160 valence electrons. The van der Waals surface area contributed by atoms with Crippen LogP contribution in [0.15, 0.2) is 45.7 Å². The average Bonchev–Trinajstić information content (AvgIpc) is 3.52. The summed E-state index contributed by atoms with van der Waals surface area (Å²) >= 11 is 0.772. The number of ether oxygens (including phenoxy) is 1. The largest absolute Gasteiger partial charge is 0.465 e. The second-order valence-corrected chi connectivity index (χ2v) is 8.09. The number of furan rings is 1. The Morgan fingerprint density at radius 3 is 2.61 bits per heavy atom. The van der Waals surface area contributed by atoms with E-state index in [0.717, 1.165) is 29.5 Å². The van der Waals surface area contributed by atoms with Gasteiger partial charge in [-0.15, -0.1) is 0 Å². The van der Waals surface area contributed by atoms with Crippen LogP contribution in [-0.4, -0.2) is 59.6 Å². The van der Waals surface area contributed by atoms with Gasteiger partial charge in [-0.1, -0.05) is 18.2 Å². The number of thioether (sulfide) groups is 1. The van der Waals surface area contributed by atoms with Gasteiger partial charge in [-0.3, -0.25) is 19.3 Å². The molecule has 2 aromatic rings. The third-order valence-electron chi connectivity index (χ3n) is 5.12. The van der Waals surface area contributed by atoms with E-state index in [1.54, 1.807) is 41.3 Å². The predicted molar refractivity (Wildman–Crippen MR) is 114 cm³/mol. The van der Waals surface area contributed by atoms with E-state index in [9.17, 15) is 19.2 Å². The number of imide groups is 1. The Labute approximate surface area is 182 Å².